The van der Waals surface area contributed by atoms with Crippen molar-refractivity contribution in [3.8, 4) is 0 Å². The summed E-state index contributed by atoms with van der Waals surface area (Å²) in [5.74, 6) is 0.00750. The summed E-state index contributed by atoms with van der Waals surface area (Å²) in [6, 6.07) is 0. The first kappa shape index (κ1) is 8.54. The highest BCUT2D eigenvalue weighted by atomic mass is 19.1. The maximum atomic E-state index is 13.0. The molecule has 0 amide bonds. The van der Waals surface area contributed by atoms with Crippen molar-refractivity contribution < 1.29 is 4.39 Å². The van der Waals surface area contributed by atoms with Crippen molar-refractivity contribution >= 4 is 6.08 Å². The molecule has 0 saturated carbocycles. The Bertz CT molecular complexity index is 385. The van der Waals surface area contributed by atoms with Gasteiger partial charge < -0.3 is 4.57 Å². The van der Waals surface area contributed by atoms with E-state index in [4.69, 9.17) is 0 Å². The van der Waals surface area contributed by atoms with Crippen molar-refractivity contribution in [1.29, 1.82) is 0 Å². The lowest BCUT2D eigenvalue weighted by molar-refractivity contribution is 0.588. The van der Waals surface area contributed by atoms with Gasteiger partial charge in [0.05, 0.1) is 0 Å². The molecule has 0 fully saturated rings. The van der Waals surface area contributed by atoms with Crippen LogP contribution in [-0.4, -0.2) is 4.57 Å². The molecule has 70 valence electrons. The molecule has 1 nitrogen and oxygen atoms in total. The molecule has 0 bridgehead atoms. The fourth-order valence-electron chi connectivity index (χ4n) is 2.01. The van der Waals surface area contributed by atoms with Crippen molar-refractivity contribution in [2.75, 3.05) is 0 Å². The zero-order chi connectivity index (χ0) is 9.59. The van der Waals surface area contributed by atoms with Gasteiger partial charge in [0, 0.05) is 24.9 Å². The number of hydrogen-bond acceptors (Lipinski definition) is 0. The molecule has 1 heterocycles. The average molecular weight is 179 g/mol. The largest absolute Gasteiger partial charge is 0.348 e. The van der Waals surface area contributed by atoms with Crippen LogP contribution in [0, 0.1) is 13.8 Å². The Kier molecular flexibility index (Phi) is 1.79. The van der Waals surface area contributed by atoms with Gasteiger partial charge in [-0.05, 0) is 37.5 Å². The maximum Gasteiger partial charge on any atom is 0.102 e. The molecule has 0 aliphatic heterocycles. The van der Waals surface area contributed by atoms with Crippen molar-refractivity contribution in [2.45, 2.75) is 26.7 Å². The van der Waals surface area contributed by atoms with E-state index < -0.39 is 0 Å². The number of hydrogen-bond donors (Lipinski definition) is 0. The normalized spacial score (nSPS) is 15.5. The van der Waals surface area contributed by atoms with Crippen molar-refractivity contribution in [2.24, 2.45) is 7.05 Å². The molecule has 0 aromatic carbocycles. The van der Waals surface area contributed by atoms with Gasteiger partial charge in [-0.15, -0.1) is 0 Å². The van der Waals surface area contributed by atoms with Crippen LogP contribution in [-0.2, 0) is 13.5 Å². The van der Waals surface area contributed by atoms with E-state index in [2.05, 4.69) is 18.4 Å². The summed E-state index contributed by atoms with van der Waals surface area (Å²) >= 11 is 0. The van der Waals surface area contributed by atoms with Gasteiger partial charge in [0.15, 0.2) is 0 Å². The highest BCUT2D eigenvalue weighted by Gasteiger charge is 2.18. The summed E-state index contributed by atoms with van der Waals surface area (Å²) in [7, 11) is 2.00. The minimum Gasteiger partial charge on any atom is -0.348 e. The third-order valence-corrected chi connectivity index (χ3v) is 3.08. The highest BCUT2D eigenvalue weighted by molar-refractivity contribution is 5.59. The Morgan fingerprint density at radius 2 is 2.00 bits per heavy atom. The third kappa shape index (κ3) is 1.12. The second-order valence-corrected chi connectivity index (χ2v) is 3.72. The van der Waals surface area contributed by atoms with E-state index in [-0.39, 0.29) is 5.83 Å². The summed E-state index contributed by atoms with van der Waals surface area (Å²) in [5.41, 5.74) is 4.94. The van der Waals surface area contributed by atoms with E-state index in [9.17, 15) is 4.39 Å². The van der Waals surface area contributed by atoms with E-state index in [1.165, 1.54) is 16.8 Å². The van der Waals surface area contributed by atoms with Crippen LogP contribution >= 0.6 is 0 Å². The van der Waals surface area contributed by atoms with Crippen LogP contribution < -0.4 is 0 Å². The molecular weight excluding hydrogens is 165 g/mol. The van der Waals surface area contributed by atoms with Gasteiger partial charge >= 0.3 is 0 Å². The smallest absolute Gasteiger partial charge is 0.102 e. The van der Waals surface area contributed by atoms with Gasteiger partial charge in [0.2, 0.25) is 0 Å². The number of rotatable bonds is 0. The predicted octanol–water partition coefficient (Wildman–Crippen LogP) is 2.90. The average Bonchev–Trinajstić information content (AvgIpc) is 2.32. The molecule has 0 atom stereocenters. The first-order valence-electron chi connectivity index (χ1n) is 4.62. The lowest BCUT2D eigenvalue weighted by atomic mass is 10.00. The van der Waals surface area contributed by atoms with E-state index in [0.29, 0.717) is 6.42 Å². The third-order valence-electron chi connectivity index (χ3n) is 3.08. The van der Waals surface area contributed by atoms with Crippen molar-refractivity contribution in [3.05, 3.63) is 28.3 Å². The molecule has 0 N–H and O–H groups in total. The fourth-order valence-corrected chi connectivity index (χ4v) is 2.01. The van der Waals surface area contributed by atoms with Gasteiger partial charge in [-0.1, -0.05) is 0 Å². The molecule has 0 unspecified atom stereocenters. The number of halogens is 1. The highest BCUT2D eigenvalue weighted by Crippen LogP contribution is 2.30. The van der Waals surface area contributed by atoms with Gasteiger partial charge in [-0.2, -0.15) is 0 Å². The van der Waals surface area contributed by atoms with Crippen molar-refractivity contribution in [1.82, 2.24) is 4.57 Å². The van der Waals surface area contributed by atoms with Gasteiger partial charge in [-0.3, -0.25) is 0 Å². The van der Waals surface area contributed by atoms with Crippen LogP contribution in [0.15, 0.2) is 5.83 Å². The SMILES string of the molecule is Cc1c2c(n(C)c1C)C=C(F)CC2. The van der Waals surface area contributed by atoms with Crippen LogP contribution in [0.3, 0.4) is 0 Å². The Labute approximate surface area is 77.9 Å². The molecular formula is C11H14FN. The summed E-state index contributed by atoms with van der Waals surface area (Å²) in [5, 5.41) is 0. The molecule has 1 aliphatic carbocycles. The summed E-state index contributed by atoms with van der Waals surface area (Å²) < 4.78 is 15.1. The summed E-state index contributed by atoms with van der Waals surface area (Å²) in [4.78, 5) is 0. The number of allylic oxidation sites excluding steroid dienone is 1. The minimum absolute atomic E-state index is 0.00750. The number of fused-ring (bicyclic) bond motifs is 1. The van der Waals surface area contributed by atoms with Gasteiger partial charge in [0.25, 0.3) is 0 Å². The zero-order valence-electron chi connectivity index (χ0n) is 8.32. The van der Waals surface area contributed by atoms with E-state index in [0.717, 1.165) is 12.1 Å². The molecule has 1 aromatic rings. The van der Waals surface area contributed by atoms with Gasteiger partial charge in [0.1, 0.15) is 5.83 Å². The molecule has 1 aromatic heterocycles. The Morgan fingerprint density at radius 1 is 1.31 bits per heavy atom. The monoisotopic (exact) mass is 179 g/mol. The minimum atomic E-state index is 0.00750. The first-order chi connectivity index (χ1) is 6.11. The topological polar surface area (TPSA) is 4.93 Å². The fraction of sp³-hybridized carbons (Fsp3) is 0.455. The van der Waals surface area contributed by atoms with E-state index in [1.807, 2.05) is 7.05 Å². The first-order valence-corrected chi connectivity index (χ1v) is 4.62. The predicted molar refractivity (Wildman–Crippen MR) is 52.3 cm³/mol. The molecule has 1 aliphatic rings. The Morgan fingerprint density at radius 3 is 2.69 bits per heavy atom. The molecule has 0 radical (unpaired) electrons. The van der Waals surface area contributed by atoms with E-state index >= 15 is 0 Å². The van der Waals surface area contributed by atoms with E-state index in [1.54, 1.807) is 6.08 Å². The molecule has 0 saturated heterocycles. The van der Waals surface area contributed by atoms with Crippen LogP contribution in [0.2, 0.25) is 0 Å². The van der Waals surface area contributed by atoms with Crippen LogP contribution in [0.4, 0.5) is 4.39 Å². The van der Waals surface area contributed by atoms with Crippen LogP contribution in [0.5, 0.6) is 0 Å². The lowest BCUT2D eigenvalue weighted by Crippen LogP contribution is -1.99. The Hall–Kier alpha value is -1.05. The lowest BCUT2D eigenvalue weighted by Gasteiger charge is -2.09. The molecule has 2 rings (SSSR count). The number of nitrogens with zero attached hydrogens (tertiary/aromatic N) is 1. The standard InChI is InChI=1S/C11H14FN/c1-7-8(2)13(3)11-6-9(12)4-5-10(7)11/h6H,4-5H2,1-3H3. The molecule has 0 spiro atoms. The number of aromatic nitrogens is 1. The summed E-state index contributed by atoms with van der Waals surface area (Å²) in [6.45, 7) is 4.20. The molecule has 13 heavy (non-hydrogen) atoms. The van der Waals surface area contributed by atoms with Gasteiger partial charge in [-0.25, -0.2) is 4.39 Å². The Balaban J connectivity index is 2.68. The van der Waals surface area contributed by atoms with Crippen LogP contribution in [0.25, 0.3) is 6.08 Å². The van der Waals surface area contributed by atoms with Crippen molar-refractivity contribution in [3.63, 3.8) is 0 Å². The second-order valence-electron chi connectivity index (χ2n) is 3.72. The second kappa shape index (κ2) is 2.72. The molecule has 2 heteroatoms. The summed E-state index contributed by atoms with van der Waals surface area (Å²) in [6.07, 6.45) is 3.08. The van der Waals surface area contributed by atoms with Crippen LogP contribution in [0.1, 0.15) is 28.9 Å². The quantitative estimate of drug-likeness (QED) is 0.577. The maximum absolute atomic E-state index is 13.0. The zero-order valence-corrected chi connectivity index (χ0v) is 8.32.